The SMILES string of the molecule is CNS(=O)(=O)c1ccccc1CC(=O)Nc1cc(C2CCCC2)[nH]n1. The third kappa shape index (κ3) is 4.08. The molecule has 3 N–H and O–H groups in total. The number of benzene rings is 1. The molecule has 1 aromatic heterocycles. The first-order chi connectivity index (χ1) is 12.0. The van der Waals surface area contributed by atoms with Crippen molar-refractivity contribution in [3.05, 3.63) is 41.6 Å². The van der Waals surface area contributed by atoms with Crippen LogP contribution in [0.1, 0.15) is 42.9 Å². The Hall–Kier alpha value is -2.19. The highest BCUT2D eigenvalue weighted by atomic mass is 32.2. The highest BCUT2D eigenvalue weighted by Crippen LogP contribution is 2.33. The van der Waals surface area contributed by atoms with Gasteiger partial charge in [-0.25, -0.2) is 13.1 Å². The highest BCUT2D eigenvalue weighted by Gasteiger charge is 2.21. The number of hydrogen-bond donors (Lipinski definition) is 3. The minimum atomic E-state index is -3.61. The summed E-state index contributed by atoms with van der Waals surface area (Å²) in [5.74, 6) is 0.656. The van der Waals surface area contributed by atoms with Crippen molar-refractivity contribution in [2.45, 2.75) is 42.9 Å². The molecule has 3 rings (SSSR count). The van der Waals surface area contributed by atoms with E-state index in [-0.39, 0.29) is 17.2 Å². The molecule has 8 heteroatoms. The number of hydrogen-bond acceptors (Lipinski definition) is 4. The summed E-state index contributed by atoms with van der Waals surface area (Å²) in [5.41, 5.74) is 1.49. The van der Waals surface area contributed by atoms with Crippen LogP contribution in [0.5, 0.6) is 0 Å². The van der Waals surface area contributed by atoms with Gasteiger partial charge in [0.15, 0.2) is 5.82 Å². The van der Waals surface area contributed by atoms with Gasteiger partial charge in [-0.15, -0.1) is 0 Å². The minimum absolute atomic E-state index is 0.0390. The fourth-order valence-corrected chi connectivity index (χ4v) is 4.19. The molecule has 1 fully saturated rings. The van der Waals surface area contributed by atoms with Gasteiger partial charge in [0.25, 0.3) is 0 Å². The summed E-state index contributed by atoms with van der Waals surface area (Å²) in [6, 6.07) is 8.33. The van der Waals surface area contributed by atoms with Gasteiger partial charge in [-0.3, -0.25) is 9.89 Å². The maximum Gasteiger partial charge on any atom is 0.240 e. The number of aromatic amines is 1. The van der Waals surface area contributed by atoms with Crippen LogP contribution in [0.2, 0.25) is 0 Å². The van der Waals surface area contributed by atoms with Gasteiger partial charge in [-0.05, 0) is 31.5 Å². The summed E-state index contributed by atoms with van der Waals surface area (Å²) in [4.78, 5) is 12.4. The van der Waals surface area contributed by atoms with E-state index in [0.717, 1.165) is 18.5 Å². The van der Waals surface area contributed by atoms with Crippen molar-refractivity contribution in [1.29, 1.82) is 0 Å². The lowest BCUT2D eigenvalue weighted by Crippen LogP contribution is -2.22. The molecule has 0 atom stereocenters. The van der Waals surface area contributed by atoms with Gasteiger partial charge in [0.05, 0.1) is 11.3 Å². The van der Waals surface area contributed by atoms with Gasteiger partial charge >= 0.3 is 0 Å². The maximum absolute atomic E-state index is 12.3. The molecular weight excluding hydrogens is 340 g/mol. The van der Waals surface area contributed by atoms with Crippen LogP contribution in [0.25, 0.3) is 0 Å². The molecule has 2 aromatic rings. The predicted octanol–water partition coefficient (Wildman–Crippen LogP) is 2.16. The summed E-state index contributed by atoms with van der Waals surface area (Å²) in [5, 5.41) is 9.87. The quantitative estimate of drug-likeness (QED) is 0.732. The number of rotatable bonds is 6. The summed E-state index contributed by atoms with van der Waals surface area (Å²) in [6.45, 7) is 0. The van der Waals surface area contributed by atoms with E-state index in [1.165, 1.54) is 26.0 Å². The average molecular weight is 362 g/mol. The molecule has 0 saturated heterocycles. The van der Waals surface area contributed by atoms with Crippen molar-refractivity contribution in [2.24, 2.45) is 0 Å². The Kier molecular flexibility index (Phi) is 5.19. The third-order valence-electron chi connectivity index (χ3n) is 4.54. The maximum atomic E-state index is 12.3. The van der Waals surface area contributed by atoms with Crippen molar-refractivity contribution < 1.29 is 13.2 Å². The topological polar surface area (TPSA) is 104 Å². The standard InChI is InChI=1S/C17H22N4O3S/c1-18-25(23,24)15-9-5-4-8-13(15)10-17(22)19-16-11-14(20-21-16)12-6-2-3-7-12/h4-5,8-9,11-12,18H,2-3,6-7,10H2,1H3,(H2,19,20,21,22). The van der Waals surface area contributed by atoms with Crippen molar-refractivity contribution >= 4 is 21.7 Å². The van der Waals surface area contributed by atoms with Crippen LogP contribution in [0.3, 0.4) is 0 Å². The average Bonchev–Trinajstić information content (AvgIpc) is 3.26. The summed E-state index contributed by atoms with van der Waals surface area (Å²) >= 11 is 0. The van der Waals surface area contributed by atoms with Gasteiger partial charge < -0.3 is 5.32 Å². The lowest BCUT2D eigenvalue weighted by Gasteiger charge is -2.09. The first kappa shape index (κ1) is 17.6. The van der Waals surface area contributed by atoms with E-state index in [2.05, 4.69) is 20.2 Å². The van der Waals surface area contributed by atoms with E-state index in [4.69, 9.17) is 0 Å². The number of sulfonamides is 1. The van der Waals surface area contributed by atoms with Crippen LogP contribution in [0.4, 0.5) is 5.82 Å². The second kappa shape index (κ2) is 7.37. The number of carbonyl (C=O) groups is 1. The number of amides is 1. The van der Waals surface area contributed by atoms with Gasteiger partial charge in [0.1, 0.15) is 0 Å². The molecule has 1 amide bonds. The monoisotopic (exact) mass is 362 g/mol. The number of nitrogens with zero attached hydrogens (tertiary/aromatic N) is 1. The molecule has 0 radical (unpaired) electrons. The van der Waals surface area contributed by atoms with Crippen molar-refractivity contribution in [2.75, 3.05) is 12.4 Å². The number of H-pyrrole nitrogens is 1. The van der Waals surface area contributed by atoms with Crippen molar-refractivity contribution in [1.82, 2.24) is 14.9 Å². The van der Waals surface area contributed by atoms with E-state index in [0.29, 0.717) is 17.3 Å². The van der Waals surface area contributed by atoms with Gasteiger partial charge in [-0.2, -0.15) is 5.10 Å². The van der Waals surface area contributed by atoms with Crippen LogP contribution in [0.15, 0.2) is 35.2 Å². The molecule has 7 nitrogen and oxygen atoms in total. The van der Waals surface area contributed by atoms with Gasteiger partial charge in [-0.1, -0.05) is 31.0 Å². The van der Waals surface area contributed by atoms with E-state index >= 15 is 0 Å². The third-order valence-corrected chi connectivity index (χ3v) is 6.06. The number of carbonyl (C=O) groups excluding carboxylic acids is 1. The molecular formula is C17H22N4O3S. The number of aromatic nitrogens is 2. The summed E-state index contributed by atoms with van der Waals surface area (Å²) in [6.07, 6.45) is 4.70. The molecule has 1 aliphatic rings. The normalized spacial score (nSPS) is 15.4. The van der Waals surface area contributed by atoms with Crippen LogP contribution >= 0.6 is 0 Å². The molecule has 134 valence electrons. The molecule has 1 aliphatic carbocycles. The Morgan fingerprint density at radius 2 is 2.00 bits per heavy atom. The molecule has 1 heterocycles. The molecule has 0 unspecified atom stereocenters. The first-order valence-corrected chi connectivity index (χ1v) is 9.84. The fourth-order valence-electron chi connectivity index (χ4n) is 3.23. The number of nitrogens with one attached hydrogen (secondary N) is 3. The van der Waals surface area contributed by atoms with Crippen molar-refractivity contribution in [3.8, 4) is 0 Å². The van der Waals surface area contributed by atoms with E-state index in [1.54, 1.807) is 18.2 Å². The van der Waals surface area contributed by atoms with E-state index in [1.807, 2.05) is 6.07 Å². The zero-order valence-electron chi connectivity index (χ0n) is 14.1. The Morgan fingerprint density at radius 3 is 2.72 bits per heavy atom. The van der Waals surface area contributed by atoms with E-state index < -0.39 is 10.0 Å². The van der Waals surface area contributed by atoms with E-state index in [9.17, 15) is 13.2 Å². The zero-order valence-corrected chi connectivity index (χ0v) is 14.9. The van der Waals surface area contributed by atoms with Crippen LogP contribution in [-0.4, -0.2) is 31.6 Å². The molecule has 0 spiro atoms. The largest absolute Gasteiger partial charge is 0.309 e. The lowest BCUT2D eigenvalue weighted by molar-refractivity contribution is -0.115. The van der Waals surface area contributed by atoms with Crippen LogP contribution in [0, 0.1) is 0 Å². The van der Waals surface area contributed by atoms with Gasteiger partial charge in [0.2, 0.25) is 15.9 Å². The smallest absolute Gasteiger partial charge is 0.240 e. The Bertz CT molecular complexity index is 854. The summed E-state index contributed by atoms with van der Waals surface area (Å²) in [7, 11) is -2.26. The minimum Gasteiger partial charge on any atom is -0.309 e. The molecule has 1 saturated carbocycles. The molecule has 25 heavy (non-hydrogen) atoms. The second-order valence-corrected chi connectivity index (χ2v) is 8.09. The lowest BCUT2D eigenvalue weighted by atomic mass is 10.0. The van der Waals surface area contributed by atoms with Gasteiger partial charge in [0, 0.05) is 17.7 Å². The fraction of sp³-hybridized carbons (Fsp3) is 0.412. The second-order valence-electron chi connectivity index (χ2n) is 6.23. The van der Waals surface area contributed by atoms with Crippen LogP contribution < -0.4 is 10.0 Å². The molecule has 0 aliphatic heterocycles. The Morgan fingerprint density at radius 1 is 1.28 bits per heavy atom. The summed E-state index contributed by atoms with van der Waals surface area (Å²) < 4.78 is 26.4. The van der Waals surface area contributed by atoms with Crippen molar-refractivity contribution in [3.63, 3.8) is 0 Å². The highest BCUT2D eigenvalue weighted by molar-refractivity contribution is 7.89. The van der Waals surface area contributed by atoms with Crippen LogP contribution in [-0.2, 0) is 21.2 Å². The molecule has 1 aromatic carbocycles. The predicted molar refractivity (Wildman–Crippen MR) is 94.8 cm³/mol. The zero-order chi connectivity index (χ0) is 17.9. The molecule has 0 bridgehead atoms. The first-order valence-electron chi connectivity index (χ1n) is 8.36. The number of anilines is 1. The Labute approximate surface area is 147 Å². The Balaban J connectivity index is 1.69.